The van der Waals surface area contributed by atoms with Crippen molar-refractivity contribution < 1.29 is 14.4 Å². The van der Waals surface area contributed by atoms with Crippen LogP contribution in [0.15, 0.2) is 0 Å². The van der Waals surface area contributed by atoms with Gasteiger partial charge in [-0.25, -0.2) is 0 Å². The molecule has 0 aromatic carbocycles. The van der Waals surface area contributed by atoms with Crippen molar-refractivity contribution in [2.75, 3.05) is 28.2 Å². The first kappa shape index (κ1) is 26.7. The second-order valence-electron chi connectivity index (χ2n) is 8.76. The number of aliphatic carboxylic acids is 1. The summed E-state index contributed by atoms with van der Waals surface area (Å²) in [4.78, 5) is 10.2. The van der Waals surface area contributed by atoms with Crippen molar-refractivity contribution in [1.82, 2.24) is 0 Å². The van der Waals surface area contributed by atoms with E-state index >= 15 is 0 Å². The van der Waals surface area contributed by atoms with E-state index in [0.29, 0.717) is 0 Å². The molecule has 0 bridgehead atoms. The van der Waals surface area contributed by atoms with Gasteiger partial charge in [-0.15, -0.1) is 0 Å². The normalized spacial score (nSPS) is 11.1. The summed E-state index contributed by atoms with van der Waals surface area (Å²) in [6, 6.07) is 0. The Hall–Kier alpha value is -0.570. The fourth-order valence-electron chi connectivity index (χ4n) is 2.64. The Kier molecular flexibility index (Phi) is 21.1. The Morgan fingerprint density at radius 1 is 0.600 bits per heavy atom. The zero-order valence-electron chi connectivity index (χ0n) is 18.1. The first-order valence-corrected chi connectivity index (χ1v) is 10.8. The van der Waals surface area contributed by atoms with E-state index in [1.54, 1.807) is 0 Å². The third kappa shape index (κ3) is 39.9. The topological polar surface area (TPSA) is 40.1 Å². The van der Waals surface area contributed by atoms with Gasteiger partial charge in [0.05, 0.1) is 28.2 Å². The highest BCUT2D eigenvalue weighted by atomic mass is 16.4. The lowest BCUT2D eigenvalue weighted by Crippen LogP contribution is -2.27. The molecule has 0 radical (unpaired) electrons. The highest BCUT2D eigenvalue weighted by molar-refractivity contribution is 5.63. The number of carbonyl (C=O) groups excluding carboxylic acids is 1. The predicted octanol–water partition coefficient (Wildman–Crippen LogP) is 5.32. The quantitative estimate of drug-likeness (QED) is 0.277. The van der Waals surface area contributed by atoms with Crippen LogP contribution in [0.2, 0.25) is 0 Å². The molecular formula is C22H47NO2. The Bertz CT molecular complexity index is 266. The van der Waals surface area contributed by atoms with Crippen LogP contribution >= 0.6 is 0 Å². The maximum Gasteiger partial charge on any atom is 0.0675 e. The van der Waals surface area contributed by atoms with E-state index in [2.05, 4.69) is 35.1 Å². The summed E-state index contributed by atoms with van der Waals surface area (Å²) in [6.07, 6.45) is 19.9. The number of nitrogens with zero attached hydrogens (tertiary/aromatic N) is 1. The molecule has 0 aromatic rings. The molecule has 0 amide bonds. The highest BCUT2D eigenvalue weighted by Gasteiger charge is 1.94. The Labute approximate surface area is 158 Å². The van der Waals surface area contributed by atoms with Gasteiger partial charge in [0.2, 0.25) is 0 Å². The molecule has 0 aliphatic rings. The van der Waals surface area contributed by atoms with Gasteiger partial charge < -0.3 is 14.4 Å². The van der Waals surface area contributed by atoms with Crippen molar-refractivity contribution in [3.05, 3.63) is 0 Å². The number of carbonyl (C=O) groups is 1. The van der Waals surface area contributed by atoms with E-state index in [4.69, 9.17) is 0 Å². The van der Waals surface area contributed by atoms with Crippen molar-refractivity contribution in [1.29, 1.82) is 0 Å². The molecule has 3 nitrogen and oxygen atoms in total. The first-order valence-electron chi connectivity index (χ1n) is 10.8. The summed E-state index contributed by atoms with van der Waals surface area (Å²) < 4.78 is 1.00. The molecule has 0 aromatic heterocycles. The lowest BCUT2D eigenvalue weighted by Gasteiger charge is -2.14. The summed E-state index contributed by atoms with van der Waals surface area (Å²) >= 11 is 0. The van der Waals surface area contributed by atoms with Crippen LogP contribution in [0.4, 0.5) is 0 Å². The van der Waals surface area contributed by atoms with Crippen LogP contribution in [-0.2, 0) is 4.79 Å². The number of rotatable bonds is 16. The molecule has 0 atom stereocenters. The summed E-state index contributed by atoms with van der Waals surface area (Å²) in [5.41, 5.74) is 0. The second kappa shape index (κ2) is 19.8. The van der Waals surface area contributed by atoms with Crippen LogP contribution in [0.5, 0.6) is 0 Å². The van der Waals surface area contributed by atoms with Crippen LogP contribution in [0, 0.1) is 0 Å². The number of hydrogen-bond donors (Lipinski definition) is 0. The SMILES string of the molecule is CCCCCCCCCCCCCCCCCC(=O)[O-].C[N+](C)(C)C. The van der Waals surface area contributed by atoms with E-state index in [9.17, 15) is 9.90 Å². The largest absolute Gasteiger partial charge is 0.550 e. The molecule has 0 rings (SSSR count). The van der Waals surface area contributed by atoms with Gasteiger partial charge >= 0.3 is 0 Å². The molecule has 152 valence electrons. The summed E-state index contributed by atoms with van der Waals surface area (Å²) in [5.74, 6) is -0.903. The van der Waals surface area contributed by atoms with Gasteiger partial charge in [-0.05, 0) is 12.8 Å². The number of carboxylic acids is 1. The Balaban J connectivity index is 0. The Morgan fingerprint density at radius 2 is 0.840 bits per heavy atom. The van der Waals surface area contributed by atoms with Crippen LogP contribution in [0.3, 0.4) is 0 Å². The molecule has 0 fully saturated rings. The van der Waals surface area contributed by atoms with Crippen molar-refractivity contribution in [3.63, 3.8) is 0 Å². The zero-order chi connectivity index (χ0) is 19.4. The zero-order valence-corrected chi connectivity index (χ0v) is 18.1. The van der Waals surface area contributed by atoms with E-state index < -0.39 is 5.97 Å². The third-order valence-corrected chi connectivity index (χ3v) is 3.98. The van der Waals surface area contributed by atoms with Gasteiger partial charge in [-0.2, -0.15) is 0 Å². The smallest absolute Gasteiger partial charge is 0.0675 e. The fraction of sp³-hybridized carbons (Fsp3) is 0.955. The maximum absolute atomic E-state index is 10.2. The minimum atomic E-state index is -0.903. The molecule has 0 spiro atoms. The van der Waals surface area contributed by atoms with Crippen molar-refractivity contribution in [2.45, 2.75) is 110 Å². The van der Waals surface area contributed by atoms with Crippen LogP contribution < -0.4 is 5.11 Å². The number of unbranched alkanes of at least 4 members (excludes halogenated alkanes) is 14. The molecule has 0 aliphatic carbocycles. The lowest BCUT2D eigenvalue weighted by molar-refractivity contribution is -0.849. The van der Waals surface area contributed by atoms with Gasteiger partial charge in [0.25, 0.3) is 0 Å². The summed E-state index contributed by atoms with van der Waals surface area (Å²) in [5, 5.41) is 10.2. The van der Waals surface area contributed by atoms with E-state index in [-0.39, 0.29) is 6.42 Å². The molecule has 25 heavy (non-hydrogen) atoms. The van der Waals surface area contributed by atoms with Gasteiger partial charge in [-0.1, -0.05) is 96.8 Å². The molecule has 0 saturated heterocycles. The lowest BCUT2D eigenvalue weighted by atomic mass is 10.0. The van der Waals surface area contributed by atoms with Crippen molar-refractivity contribution in [2.24, 2.45) is 0 Å². The standard InChI is InChI=1S/C18H36O2.C4H12N/c1-2-3-4-5-6-7-8-9-10-11-12-13-14-15-16-17-18(19)20;1-5(2,3)4/h2-17H2,1H3,(H,19,20);1-4H3/q;+1/p-1. The predicted molar refractivity (Wildman–Crippen MR) is 109 cm³/mol. The number of quaternary nitrogens is 1. The van der Waals surface area contributed by atoms with Gasteiger partial charge in [0.1, 0.15) is 0 Å². The summed E-state index contributed by atoms with van der Waals surface area (Å²) in [7, 11) is 8.50. The van der Waals surface area contributed by atoms with Crippen molar-refractivity contribution >= 4 is 5.97 Å². The molecular weight excluding hydrogens is 310 g/mol. The maximum atomic E-state index is 10.2. The van der Waals surface area contributed by atoms with E-state index in [1.807, 2.05) is 0 Å². The molecule has 0 heterocycles. The van der Waals surface area contributed by atoms with E-state index in [1.165, 1.54) is 83.5 Å². The number of hydrogen-bond acceptors (Lipinski definition) is 2. The molecule has 0 N–H and O–H groups in total. The third-order valence-electron chi connectivity index (χ3n) is 3.98. The molecule has 0 saturated carbocycles. The van der Waals surface area contributed by atoms with E-state index in [0.717, 1.165) is 17.3 Å². The first-order chi connectivity index (χ1) is 11.8. The molecule has 0 aliphatic heterocycles. The number of carboxylic acid groups (broad SMARTS) is 1. The average molecular weight is 358 g/mol. The average Bonchev–Trinajstić information content (AvgIpc) is 2.49. The Morgan fingerprint density at radius 3 is 1.08 bits per heavy atom. The monoisotopic (exact) mass is 357 g/mol. The second-order valence-corrected chi connectivity index (χ2v) is 8.76. The van der Waals surface area contributed by atoms with Gasteiger partial charge in [0, 0.05) is 5.97 Å². The highest BCUT2D eigenvalue weighted by Crippen LogP contribution is 2.13. The van der Waals surface area contributed by atoms with Crippen molar-refractivity contribution in [3.8, 4) is 0 Å². The van der Waals surface area contributed by atoms with Gasteiger partial charge in [0.15, 0.2) is 0 Å². The van der Waals surface area contributed by atoms with Crippen LogP contribution in [-0.4, -0.2) is 38.6 Å². The molecule has 3 heteroatoms. The van der Waals surface area contributed by atoms with Crippen LogP contribution in [0.1, 0.15) is 110 Å². The minimum absolute atomic E-state index is 0.234. The minimum Gasteiger partial charge on any atom is -0.550 e. The fourth-order valence-corrected chi connectivity index (χ4v) is 2.64. The van der Waals surface area contributed by atoms with Crippen LogP contribution in [0.25, 0.3) is 0 Å². The molecule has 0 unspecified atom stereocenters. The summed E-state index contributed by atoms with van der Waals surface area (Å²) in [6.45, 7) is 2.27. The van der Waals surface area contributed by atoms with Gasteiger partial charge in [-0.3, -0.25) is 0 Å².